The third-order valence-corrected chi connectivity index (χ3v) is 5.56. The molecule has 100 valence electrons. The molecule has 0 bridgehead atoms. The molecule has 1 aliphatic carbocycles. The van der Waals surface area contributed by atoms with E-state index in [9.17, 15) is 0 Å². The Hall–Kier alpha value is 0.270. The maximum absolute atomic E-state index is 4.57. The molecule has 2 aliphatic rings. The van der Waals surface area contributed by atoms with Crippen LogP contribution < -0.4 is 0 Å². The molecule has 1 unspecified atom stereocenters. The van der Waals surface area contributed by atoms with Crippen LogP contribution in [0.1, 0.15) is 39.5 Å². The first-order valence-electron chi connectivity index (χ1n) is 7.30. The first kappa shape index (κ1) is 13.7. The summed E-state index contributed by atoms with van der Waals surface area (Å²) < 4.78 is 0. The normalized spacial score (nSPS) is 28.6. The predicted molar refractivity (Wildman–Crippen MR) is 77.9 cm³/mol. The summed E-state index contributed by atoms with van der Waals surface area (Å²) in [6.45, 7) is 10.9. The summed E-state index contributed by atoms with van der Waals surface area (Å²) in [6.07, 6.45) is 5.60. The number of likely N-dealkylation sites (N-methyl/N-ethyl adjacent to an activating group) is 1. The van der Waals surface area contributed by atoms with Crippen LogP contribution in [0, 0.1) is 5.41 Å². The van der Waals surface area contributed by atoms with Crippen molar-refractivity contribution in [3.8, 4) is 0 Å². The summed E-state index contributed by atoms with van der Waals surface area (Å²) in [4.78, 5) is 5.31. The topological polar surface area (TPSA) is 6.48 Å². The van der Waals surface area contributed by atoms with Crippen LogP contribution in [0.15, 0.2) is 0 Å². The quantitative estimate of drug-likeness (QED) is 0.730. The Balaban J connectivity index is 1.81. The lowest BCUT2D eigenvalue weighted by atomic mass is 9.70. The van der Waals surface area contributed by atoms with Gasteiger partial charge in [-0.05, 0) is 50.1 Å². The summed E-state index contributed by atoms with van der Waals surface area (Å²) >= 11 is 4.57. The molecule has 2 nitrogen and oxygen atoms in total. The smallest absolute Gasteiger partial charge is 0.0235 e. The van der Waals surface area contributed by atoms with Gasteiger partial charge in [-0.15, -0.1) is 0 Å². The highest BCUT2D eigenvalue weighted by Crippen LogP contribution is 2.43. The molecule has 0 radical (unpaired) electrons. The van der Waals surface area contributed by atoms with Crippen molar-refractivity contribution < 1.29 is 0 Å². The Morgan fingerprint density at radius 3 is 2.47 bits per heavy atom. The molecule has 0 aromatic heterocycles. The molecule has 1 atom stereocenters. The Labute approximate surface area is 112 Å². The van der Waals surface area contributed by atoms with Crippen molar-refractivity contribution in [2.24, 2.45) is 5.41 Å². The van der Waals surface area contributed by atoms with Gasteiger partial charge in [0.05, 0.1) is 0 Å². The van der Waals surface area contributed by atoms with E-state index in [1.807, 2.05) is 0 Å². The minimum Gasteiger partial charge on any atom is -0.301 e. The summed E-state index contributed by atoms with van der Waals surface area (Å²) in [5, 5.41) is 0. The monoisotopic (exact) mass is 256 g/mol. The summed E-state index contributed by atoms with van der Waals surface area (Å²) in [6, 6.07) is 0.807. The van der Waals surface area contributed by atoms with Crippen LogP contribution in [0.25, 0.3) is 0 Å². The molecule has 0 N–H and O–H groups in total. The van der Waals surface area contributed by atoms with Crippen LogP contribution in [-0.2, 0) is 0 Å². The molecule has 1 saturated carbocycles. The van der Waals surface area contributed by atoms with Gasteiger partial charge in [0.25, 0.3) is 0 Å². The number of hydrogen-bond donors (Lipinski definition) is 1. The van der Waals surface area contributed by atoms with Crippen LogP contribution >= 0.6 is 12.6 Å². The van der Waals surface area contributed by atoms with Gasteiger partial charge in [0.1, 0.15) is 0 Å². The van der Waals surface area contributed by atoms with Crippen molar-refractivity contribution in [3.63, 3.8) is 0 Å². The number of thiol groups is 1. The molecule has 1 saturated heterocycles. The fraction of sp³-hybridized carbons (Fsp3) is 1.00. The largest absolute Gasteiger partial charge is 0.301 e. The van der Waals surface area contributed by atoms with Crippen LogP contribution in [0.4, 0.5) is 0 Å². The molecule has 0 aromatic carbocycles. The van der Waals surface area contributed by atoms with Gasteiger partial charge < -0.3 is 4.90 Å². The lowest BCUT2D eigenvalue weighted by Crippen LogP contribution is -2.44. The van der Waals surface area contributed by atoms with Crippen molar-refractivity contribution in [3.05, 3.63) is 0 Å². The standard InChI is InChI=1S/C14H28N2S/c1-3-16(4-2)13-6-9-15(10-13)11-14(12-17)7-5-8-14/h13,17H,3-12H2,1-2H3. The third-order valence-electron chi connectivity index (χ3n) is 4.88. The van der Waals surface area contributed by atoms with Crippen molar-refractivity contribution in [1.29, 1.82) is 0 Å². The maximum atomic E-state index is 4.57. The van der Waals surface area contributed by atoms with Crippen molar-refractivity contribution >= 4 is 12.6 Å². The van der Waals surface area contributed by atoms with Gasteiger partial charge in [0, 0.05) is 19.1 Å². The molecule has 2 rings (SSSR count). The first-order valence-corrected chi connectivity index (χ1v) is 7.93. The fourth-order valence-electron chi connectivity index (χ4n) is 3.51. The lowest BCUT2D eigenvalue weighted by molar-refractivity contribution is 0.0979. The Morgan fingerprint density at radius 1 is 1.29 bits per heavy atom. The lowest BCUT2D eigenvalue weighted by Gasteiger charge is -2.43. The molecule has 0 aromatic rings. The zero-order chi connectivity index (χ0) is 12.3. The molecule has 17 heavy (non-hydrogen) atoms. The van der Waals surface area contributed by atoms with Gasteiger partial charge >= 0.3 is 0 Å². The van der Waals surface area contributed by atoms with E-state index >= 15 is 0 Å². The van der Waals surface area contributed by atoms with Gasteiger partial charge in [-0.25, -0.2) is 0 Å². The van der Waals surface area contributed by atoms with Crippen LogP contribution in [0.3, 0.4) is 0 Å². The average molecular weight is 256 g/mol. The van der Waals surface area contributed by atoms with E-state index < -0.39 is 0 Å². The van der Waals surface area contributed by atoms with E-state index in [0.717, 1.165) is 11.8 Å². The summed E-state index contributed by atoms with van der Waals surface area (Å²) in [5.41, 5.74) is 0.571. The molecule has 0 spiro atoms. The molecular weight excluding hydrogens is 228 g/mol. The average Bonchev–Trinajstić information content (AvgIpc) is 2.74. The molecule has 1 aliphatic heterocycles. The van der Waals surface area contributed by atoms with Crippen molar-refractivity contribution in [2.75, 3.05) is 38.5 Å². The van der Waals surface area contributed by atoms with E-state index in [1.54, 1.807) is 0 Å². The Kier molecular flexibility index (Phi) is 4.79. The van der Waals surface area contributed by atoms with Gasteiger partial charge in [0.15, 0.2) is 0 Å². The maximum Gasteiger partial charge on any atom is 0.0235 e. The third kappa shape index (κ3) is 2.99. The highest BCUT2D eigenvalue weighted by molar-refractivity contribution is 7.80. The van der Waals surface area contributed by atoms with Crippen LogP contribution in [0.2, 0.25) is 0 Å². The van der Waals surface area contributed by atoms with E-state index in [2.05, 4.69) is 36.3 Å². The molecule has 2 fully saturated rings. The second kappa shape index (κ2) is 5.94. The van der Waals surface area contributed by atoms with Gasteiger partial charge in [-0.1, -0.05) is 20.3 Å². The zero-order valence-corrected chi connectivity index (χ0v) is 12.4. The minimum absolute atomic E-state index is 0.571. The number of likely N-dealkylation sites (tertiary alicyclic amines) is 1. The zero-order valence-electron chi connectivity index (χ0n) is 11.5. The second-order valence-corrected chi connectivity index (χ2v) is 6.23. The Morgan fingerprint density at radius 2 is 2.00 bits per heavy atom. The second-order valence-electron chi connectivity index (χ2n) is 5.91. The van der Waals surface area contributed by atoms with E-state index in [0.29, 0.717) is 5.41 Å². The van der Waals surface area contributed by atoms with E-state index in [-0.39, 0.29) is 0 Å². The first-order chi connectivity index (χ1) is 8.23. The van der Waals surface area contributed by atoms with Gasteiger partial charge in [0.2, 0.25) is 0 Å². The molecular formula is C14H28N2S. The highest BCUT2D eigenvalue weighted by atomic mass is 32.1. The highest BCUT2D eigenvalue weighted by Gasteiger charge is 2.39. The number of nitrogens with zero attached hydrogens (tertiary/aromatic N) is 2. The number of rotatable bonds is 6. The predicted octanol–water partition coefficient (Wildman–Crippen LogP) is 2.50. The fourth-order valence-corrected chi connectivity index (χ4v) is 3.93. The molecule has 3 heteroatoms. The van der Waals surface area contributed by atoms with Crippen molar-refractivity contribution in [2.45, 2.75) is 45.6 Å². The summed E-state index contributed by atoms with van der Waals surface area (Å²) in [5.74, 6) is 1.08. The Bertz CT molecular complexity index is 231. The molecule has 0 amide bonds. The minimum atomic E-state index is 0.571. The summed E-state index contributed by atoms with van der Waals surface area (Å²) in [7, 11) is 0. The number of hydrogen-bond acceptors (Lipinski definition) is 3. The van der Waals surface area contributed by atoms with E-state index in [4.69, 9.17) is 0 Å². The van der Waals surface area contributed by atoms with Crippen LogP contribution in [-0.4, -0.2) is 54.3 Å². The van der Waals surface area contributed by atoms with Gasteiger partial charge in [-0.3, -0.25) is 4.90 Å². The van der Waals surface area contributed by atoms with E-state index in [1.165, 1.54) is 58.4 Å². The van der Waals surface area contributed by atoms with Crippen LogP contribution in [0.5, 0.6) is 0 Å². The van der Waals surface area contributed by atoms with Gasteiger partial charge in [-0.2, -0.15) is 12.6 Å². The SMILES string of the molecule is CCN(CC)C1CCN(CC2(CS)CCC2)C1. The van der Waals surface area contributed by atoms with Crippen molar-refractivity contribution in [1.82, 2.24) is 9.80 Å². The molecule has 1 heterocycles.